The predicted molar refractivity (Wildman–Crippen MR) is 83.8 cm³/mol. The number of halogens is 2. The molecule has 2 rings (SSSR count). The van der Waals surface area contributed by atoms with Crippen LogP contribution in [0.1, 0.15) is 11.3 Å². The number of carbonyl (C=O) groups is 1. The van der Waals surface area contributed by atoms with E-state index in [2.05, 4.69) is 10.1 Å². The molecule has 1 N–H and O–H groups in total. The van der Waals surface area contributed by atoms with Crippen LogP contribution in [0, 0.1) is 11.3 Å². The van der Waals surface area contributed by atoms with E-state index in [0.29, 0.717) is 5.76 Å². The highest BCUT2D eigenvalue weighted by Crippen LogP contribution is 2.33. The molecule has 1 heterocycles. The van der Waals surface area contributed by atoms with Crippen LogP contribution in [0.5, 0.6) is 11.5 Å². The lowest BCUT2D eigenvalue weighted by Gasteiger charge is -2.12. The van der Waals surface area contributed by atoms with Crippen LogP contribution in [0.2, 0.25) is 0 Å². The van der Waals surface area contributed by atoms with Crippen LogP contribution < -0.4 is 14.8 Å². The van der Waals surface area contributed by atoms with Crippen molar-refractivity contribution in [3.8, 4) is 17.6 Å². The predicted octanol–water partition coefficient (Wildman–Crippen LogP) is 3.11. The summed E-state index contributed by atoms with van der Waals surface area (Å²) >= 11 is 0. The fourth-order valence-electron chi connectivity index (χ4n) is 2.00. The number of rotatable bonds is 7. The number of furan rings is 1. The first-order valence-corrected chi connectivity index (χ1v) is 7.09. The minimum atomic E-state index is -3.08. The van der Waals surface area contributed by atoms with Crippen LogP contribution >= 0.6 is 0 Å². The van der Waals surface area contributed by atoms with Gasteiger partial charge in [-0.15, -0.1) is 0 Å². The van der Waals surface area contributed by atoms with Crippen molar-refractivity contribution in [2.24, 2.45) is 0 Å². The molecule has 0 aliphatic heterocycles. The van der Waals surface area contributed by atoms with E-state index in [-0.39, 0.29) is 29.2 Å². The Labute approximate surface area is 142 Å². The van der Waals surface area contributed by atoms with Gasteiger partial charge in [0, 0.05) is 5.56 Å². The van der Waals surface area contributed by atoms with E-state index in [0.717, 1.165) is 6.08 Å². The molecule has 1 aromatic carbocycles. The number of nitriles is 1. The van der Waals surface area contributed by atoms with Gasteiger partial charge in [0.05, 0.1) is 19.9 Å². The summed E-state index contributed by atoms with van der Waals surface area (Å²) in [6.45, 7) is -3.00. The first kappa shape index (κ1) is 18.0. The maximum Gasteiger partial charge on any atom is 0.387 e. The summed E-state index contributed by atoms with van der Waals surface area (Å²) < 4.78 is 39.7. The van der Waals surface area contributed by atoms with Gasteiger partial charge in [-0.25, -0.2) is 0 Å². The molecule has 6 nitrogen and oxygen atoms in total. The Bertz CT molecular complexity index is 795. The number of benzene rings is 1. The number of nitrogens with one attached hydrogen (secondary N) is 1. The number of ether oxygens (including phenoxy) is 2. The van der Waals surface area contributed by atoms with Crippen molar-refractivity contribution >= 4 is 12.0 Å². The van der Waals surface area contributed by atoms with Crippen molar-refractivity contribution in [2.75, 3.05) is 7.11 Å². The van der Waals surface area contributed by atoms with E-state index in [1.165, 1.54) is 31.6 Å². The highest BCUT2D eigenvalue weighted by atomic mass is 19.3. The molecule has 1 aromatic heterocycles. The first-order chi connectivity index (χ1) is 12.0. The van der Waals surface area contributed by atoms with Crippen LogP contribution in [0.15, 0.2) is 46.6 Å². The van der Waals surface area contributed by atoms with Gasteiger partial charge in [0.15, 0.2) is 11.5 Å². The van der Waals surface area contributed by atoms with E-state index in [4.69, 9.17) is 9.15 Å². The van der Waals surface area contributed by atoms with Crippen molar-refractivity contribution in [3.63, 3.8) is 0 Å². The summed E-state index contributed by atoms with van der Waals surface area (Å²) in [4.78, 5) is 12.1. The largest absolute Gasteiger partial charge is 0.493 e. The molecular weight excluding hydrogens is 334 g/mol. The topological polar surface area (TPSA) is 84.5 Å². The Morgan fingerprint density at radius 2 is 2.20 bits per heavy atom. The molecule has 130 valence electrons. The lowest BCUT2D eigenvalue weighted by atomic mass is 10.1. The molecule has 0 saturated carbocycles. The Balaban J connectivity index is 2.26. The standard InChI is InChI=1S/C17H14F2N2O4/c1-23-14-6-2-4-11(15(14)25-17(18)19)8-12(9-20)16(22)21-10-13-5-3-7-24-13/h2-8,17H,10H2,1H3,(H,21,22)/b12-8+. The quantitative estimate of drug-likeness (QED) is 0.614. The average Bonchev–Trinajstić information content (AvgIpc) is 3.11. The van der Waals surface area contributed by atoms with Crippen LogP contribution in [-0.4, -0.2) is 19.6 Å². The molecule has 0 aliphatic carbocycles. The third-order valence-electron chi connectivity index (χ3n) is 3.10. The van der Waals surface area contributed by atoms with Gasteiger partial charge in [-0.3, -0.25) is 4.79 Å². The minimum Gasteiger partial charge on any atom is -0.493 e. The Morgan fingerprint density at radius 1 is 1.40 bits per heavy atom. The lowest BCUT2D eigenvalue weighted by molar-refractivity contribution is -0.117. The van der Waals surface area contributed by atoms with E-state index < -0.39 is 12.5 Å². The van der Waals surface area contributed by atoms with Crippen LogP contribution in [0.25, 0.3) is 6.08 Å². The highest BCUT2D eigenvalue weighted by Gasteiger charge is 2.16. The van der Waals surface area contributed by atoms with E-state index in [1.807, 2.05) is 0 Å². The molecule has 0 radical (unpaired) electrons. The van der Waals surface area contributed by atoms with Gasteiger partial charge >= 0.3 is 6.61 Å². The fraction of sp³-hybridized carbons (Fsp3) is 0.176. The van der Waals surface area contributed by atoms with Crippen molar-refractivity contribution < 1.29 is 27.5 Å². The number of amides is 1. The fourth-order valence-corrected chi connectivity index (χ4v) is 2.00. The molecule has 0 atom stereocenters. The van der Waals surface area contributed by atoms with Gasteiger partial charge in [0.25, 0.3) is 5.91 Å². The van der Waals surface area contributed by atoms with Crippen LogP contribution in [0.4, 0.5) is 8.78 Å². The summed E-state index contributed by atoms with van der Waals surface area (Å²) in [6.07, 6.45) is 2.60. The number of alkyl halides is 2. The lowest BCUT2D eigenvalue weighted by Crippen LogP contribution is -2.23. The van der Waals surface area contributed by atoms with Crippen molar-refractivity contribution in [2.45, 2.75) is 13.2 Å². The molecule has 0 unspecified atom stereocenters. The van der Waals surface area contributed by atoms with Gasteiger partial charge in [-0.05, 0) is 24.3 Å². The molecule has 0 fully saturated rings. The first-order valence-electron chi connectivity index (χ1n) is 7.09. The molecule has 0 bridgehead atoms. The monoisotopic (exact) mass is 348 g/mol. The number of hydrogen-bond donors (Lipinski definition) is 1. The summed E-state index contributed by atoms with van der Waals surface area (Å²) in [7, 11) is 1.29. The van der Waals surface area contributed by atoms with E-state index in [1.54, 1.807) is 18.2 Å². The van der Waals surface area contributed by atoms with Gasteiger partial charge in [0.1, 0.15) is 17.4 Å². The summed E-state index contributed by atoms with van der Waals surface area (Å²) in [6, 6.07) is 9.44. The zero-order chi connectivity index (χ0) is 18.2. The molecule has 2 aromatic rings. The Morgan fingerprint density at radius 3 is 2.80 bits per heavy atom. The normalized spacial score (nSPS) is 11.1. The molecule has 8 heteroatoms. The van der Waals surface area contributed by atoms with Crippen molar-refractivity contribution in [1.29, 1.82) is 5.26 Å². The maximum atomic E-state index is 12.6. The van der Waals surface area contributed by atoms with Crippen LogP contribution in [-0.2, 0) is 11.3 Å². The van der Waals surface area contributed by atoms with E-state index in [9.17, 15) is 18.8 Å². The zero-order valence-electron chi connectivity index (χ0n) is 13.2. The third kappa shape index (κ3) is 4.81. The highest BCUT2D eigenvalue weighted by molar-refractivity contribution is 6.02. The van der Waals surface area contributed by atoms with E-state index >= 15 is 0 Å². The number of hydrogen-bond acceptors (Lipinski definition) is 5. The number of para-hydroxylation sites is 1. The van der Waals surface area contributed by atoms with Crippen molar-refractivity contribution in [1.82, 2.24) is 5.32 Å². The second-order valence-electron chi connectivity index (χ2n) is 4.69. The van der Waals surface area contributed by atoms with Gasteiger partial charge < -0.3 is 19.2 Å². The molecule has 0 saturated heterocycles. The van der Waals surface area contributed by atoms with Gasteiger partial charge in [-0.1, -0.05) is 12.1 Å². The summed E-state index contributed by atoms with van der Waals surface area (Å²) in [5, 5.41) is 11.7. The number of carbonyl (C=O) groups excluding carboxylic acids is 1. The molecule has 1 amide bonds. The molecular formula is C17H14F2N2O4. The average molecular weight is 348 g/mol. The summed E-state index contributed by atoms with van der Waals surface area (Å²) in [5.41, 5.74) is -0.164. The number of methoxy groups -OCH3 is 1. The second-order valence-corrected chi connectivity index (χ2v) is 4.69. The molecule has 0 aliphatic rings. The second kappa shape index (κ2) is 8.49. The maximum absolute atomic E-state index is 12.6. The summed E-state index contributed by atoms with van der Waals surface area (Å²) in [5.74, 6) is -0.368. The Kier molecular flexibility index (Phi) is 6.12. The zero-order valence-corrected chi connectivity index (χ0v) is 13.2. The Hall–Kier alpha value is -3.34. The molecule has 0 spiro atoms. The van der Waals surface area contributed by atoms with Crippen molar-refractivity contribution in [3.05, 3.63) is 53.5 Å². The SMILES string of the molecule is COc1cccc(/C=C(\C#N)C(=O)NCc2ccco2)c1OC(F)F. The van der Waals surface area contributed by atoms with Crippen LogP contribution in [0.3, 0.4) is 0 Å². The number of nitrogens with zero attached hydrogens (tertiary/aromatic N) is 1. The third-order valence-corrected chi connectivity index (χ3v) is 3.10. The molecule has 25 heavy (non-hydrogen) atoms. The minimum absolute atomic E-state index is 0.0577. The smallest absolute Gasteiger partial charge is 0.387 e. The van der Waals surface area contributed by atoms with Gasteiger partial charge in [-0.2, -0.15) is 14.0 Å². The van der Waals surface area contributed by atoms with Gasteiger partial charge in [0.2, 0.25) is 0 Å².